The van der Waals surface area contributed by atoms with Crippen LogP contribution in [0.3, 0.4) is 0 Å². The zero-order valence-corrected chi connectivity index (χ0v) is 18.3. The predicted octanol–water partition coefficient (Wildman–Crippen LogP) is 3.13. The third-order valence-electron chi connectivity index (χ3n) is 5.27. The summed E-state index contributed by atoms with van der Waals surface area (Å²) in [4.78, 5) is 25.9. The summed E-state index contributed by atoms with van der Waals surface area (Å²) in [6.45, 7) is 0.807. The number of hydrogen-bond acceptors (Lipinski definition) is 6. The minimum Gasteiger partial charge on any atom is -0.453 e. The molecule has 0 spiro atoms. The quantitative estimate of drug-likeness (QED) is 0.607. The number of nitrogens with two attached hydrogens (primary N) is 1. The fourth-order valence-corrected chi connectivity index (χ4v) is 4.09. The number of piperidine rings is 1. The third-order valence-corrected chi connectivity index (χ3v) is 5.79. The molecule has 2 amide bonds. The summed E-state index contributed by atoms with van der Waals surface area (Å²) in [6.07, 6.45) is 1.40. The van der Waals surface area contributed by atoms with Crippen molar-refractivity contribution in [1.29, 1.82) is 5.26 Å². The lowest BCUT2D eigenvalue weighted by Crippen LogP contribution is -2.45. The summed E-state index contributed by atoms with van der Waals surface area (Å²) in [5, 5.41) is 18.0. The second kappa shape index (κ2) is 9.02. The Morgan fingerprint density at radius 3 is 2.84 bits per heavy atom. The third kappa shape index (κ3) is 4.47. The van der Waals surface area contributed by atoms with Crippen LogP contribution < -0.4 is 10.5 Å². The number of halogens is 2. The fourth-order valence-electron chi connectivity index (χ4n) is 3.67. The van der Waals surface area contributed by atoms with Gasteiger partial charge in [0, 0.05) is 18.1 Å². The highest BCUT2D eigenvalue weighted by atomic mass is 35.5. The number of nitriles is 1. The van der Waals surface area contributed by atoms with Gasteiger partial charge in [0.1, 0.15) is 12.3 Å². The van der Waals surface area contributed by atoms with Crippen molar-refractivity contribution in [1.82, 2.24) is 19.9 Å². The maximum absolute atomic E-state index is 12.8. The summed E-state index contributed by atoms with van der Waals surface area (Å²) >= 11 is 12.4. The Kier molecular flexibility index (Phi) is 6.17. The number of amides is 2. The Bertz CT molecular complexity index is 1250. The molecule has 0 bridgehead atoms. The van der Waals surface area contributed by atoms with Crippen molar-refractivity contribution in [3.63, 3.8) is 0 Å². The molecule has 0 aliphatic carbocycles. The highest BCUT2D eigenvalue weighted by Crippen LogP contribution is 2.36. The SMILES string of the molecule is N#Cc1cc(Cl)cc(Oc2c(Cl)ccc3c2nnn3CC(=O)N2CCCC(C(N)=O)C2)c1. The van der Waals surface area contributed by atoms with E-state index in [2.05, 4.69) is 10.3 Å². The van der Waals surface area contributed by atoms with E-state index in [4.69, 9.17) is 38.9 Å². The highest BCUT2D eigenvalue weighted by Gasteiger charge is 2.27. The van der Waals surface area contributed by atoms with E-state index in [0.717, 1.165) is 6.42 Å². The number of aromatic nitrogens is 3. The number of rotatable bonds is 5. The van der Waals surface area contributed by atoms with Gasteiger partial charge in [-0.2, -0.15) is 5.26 Å². The Hall–Kier alpha value is -3.35. The van der Waals surface area contributed by atoms with Gasteiger partial charge in [-0.15, -0.1) is 5.10 Å². The molecule has 1 atom stereocenters. The van der Waals surface area contributed by atoms with Crippen LogP contribution in [0.15, 0.2) is 30.3 Å². The average molecular weight is 473 g/mol. The molecule has 32 heavy (non-hydrogen) atoms. The molecule has 164 valence electrons. The number of fused-ring (bicyclic) bond motifs is 1. The van der Waals surface area contributed by atoms with Crippen LogP contribution in [0.25, 0.3) is 11.0 Å². The topological polar surface area (TPSA) is 127 Å². The summed E-state index contributed by atoms with van der Waals surface area (Å²) < 4.78 is 7.34. The molecule has 1 unspecified atom stereocenters. The van der Waals surface area contributed by atoms with Crippen molar-refractivity contribution in [2.24, 2.45) is 11.7 Å². The Morgan fingerprint density at radius 2 is 2.09 bits per heavy atom. The molecule has 0 radical (unpaired) electrons. The van der Waals surface area contributed by atoms with Crippen LogP contribution in [0.4, 0.5) is 0 Å². The van der Waals surface area contributed by atoms with Gasteiger partial charge >= 0.3 is 0 Å². The van der Waals surface area contributed by atoms with E-state index < -0.39 is 5.91 Å². The molecule has 2 aromatic carbocycles. The second-order valence-electron chi connectivity index (χ2n) is 7.46. The molecule has 1 aliphatic heterocycles. The van der Waals surface area contributed by atoms with E-state index in [9.17, 15) is 9.59 Å². The molecule has 1 saturated heterocycles. The van der Waals surface area contributed by atoms with Crippen LogP contribution in [0.2, 0.25) is 10.0 Å². The van der Waals surface area contributed by atoms with Crippen molar-refractivity contribution in [2.45, 2.75) is 19.4 Å². The van der Waals surface area contributed by atoms with Crippen LogP contribution in [0.5, 0.6) is 11.5 Å². The first-order valence-electron chi connectivity index (χ1n) is 9.83. The number of primary amides is 1. The van der Waals surface area contributed by atoms with Crippen LogP contribution >= 0.6 is 23.2 Å². The van der Waals surface area contributed by atoms with Gasteiger partial charge < -0.3 is 15.4 Å². The molecule has 1 aromatic heterocycles. The maximum Gasteiger partial charge on any atom is 0.244 e. The Labute approximate surface area is 193 Å². The number of benzene rings is 2. The normalized spacial score (nSPS) is 16.0. The summed E-state index contributed by atoms with van der Waals surface area (Å²) in [5.74, 6) is -0.366. The lowest BCUT2D eigenvalue weighted by molar-refractivity contribution is -0.135. The minimum absolute atomic E-state index is 0.0567. The largest absolute Gasteiger partial charge is 0.453 e. The van der Waals surface area contributed by atoms with Crippen molar-refractivity contribution < 1.29 is 14.3 Å². The first-order chi connectivity index (χ1) is 15.4. The van der Waals surface area contributed by atoms with Gasteiger partial charge in [0.05, 0.1) is 28.1 Å². The Morgan fingerprint density at radius 1 is 1.28 bits per heavy atom. The monoisotopic (exact) mass is 472 g/mol. The van der Waals surface area contributed by atoms with Crippen molar-refractivity contribution in [3.8, 4) is 17.6 Å². The molecule has 1 fully saturated rings. The van der Waals surface area contributed by atoms with Gasteiger partial charge in [-0.05, 0) is 43.2 Å². The molecule has 2 heterocycles. The molecular weight excluding hydrogens is 455 g/mol. The van der Waals surface area contributed by atoms with Crippen LogP contribution in [0, 0.1) is 17.2 Å². The van der Waals surface area contributed by atoms with Gasteiger partial charge in [-0.25, -0.2) is 4.68 Å². The van der Waals surface area contributed by atoms with Crippen molar-refractivity contribution in [2.75, 3.05) is 13.1 Å². The van der Waals surface area contributed by atoms with Gasteiger partial charge in [0.25, 0.3) is 0 Å². The smallest absolute Gasteiger partial charge is 0.244 e. The number of hydrogen-bond donors (Lipinski definition) is 1. The molecule has 9 nitrogen and oxygen atoms in total. The molecular formula is C21H18Cl2N6O3. The number of carbonyl (C=O) groups is 2. The summed E-state index contributed by atoms with van der Waals surface area (Å²) in [6, 6.07) is 9.92. The number of ether oxygens (including phenoxy) is 1. The van der Waals surface area contributed by atoms with E-state index in [1.54, 1.807) is 23.1 Å². The Balaban J connectivity index is 1.59. The lowest BCUT2D eigenvalue weighted by Gasteiger charge is -2.31. The first kappa shape index (κ1) is 21.9. The molecule has 0 saturated carbocycles. The predicted molar refractivity (Wildman–Crippen MR) is 117 cm³/mol. The van der Waals surface area contributed by atoms with Crippen LogP contribution in [0.1, 0.15) is 18.4 Å². The average Bonchev–Trinajstić information content (AvgIpc) is 3.18. The van der Waals surface area contributed by atoms with E-state index in [1.165, 1.54) is 16.8 Å². The van der Waals surface area contributed by atoms with Crippen LogP contribution in [-0.4, -0.2) is 44.8 Å². The standard InChI is InChI=1S/C21H18Cl2N6O3/c22-14-6-12(9-24)7-15(8-14)32-20-16(23)3-4-17-19(20)26-27-29(17)11-18(30)28-5-1-2-13(10-28)21(25)31/h3-4,6-8,13H,1-2,5,10-11H2,(H2,25,31). The van der Waals surface area contributed by atoms with E-state index in [-0.39, 0.29) is 29.1 Å². The number of nitrogens with zero attached hydrogens (tertiary/aromatic N) is 5. The molecule has 11 heteroatoms. The molecule has 4 rings (SSSR count). The van der Waals surface area contributed by atoms with Gasteiger partial charge in [-0.1, -0.05) is 28.4 Å². The number of carbonyl (C=O) groups excluding carboxylic acids is 2. The highest BCUT2D eigenvalue weighted by molar-refractivity contribution is 6.33. The zero-order valence-electron chi connectivity index (χ0n) is 16.8. The first-order valence-corrected chi connectivity index (χ1v) is 10.6. The van der Waals surface area contributed by atoms with E-state index in [0.29, 0.717) is 46.9 Å². The fraction of sp³-hybridized carbons (Fsp3) is 0.286. The van der Waals surface area contributed by atoms with E-state index >= 15 is 0 Å². The van der Waals surface area contributed by atoms with Crippen molar-refractivity contribution >= 4 is 46.0 Å². The van der Waals surface area contributed by atoms with Gasteiger partial charge in [-0.3, -0.25) is 9.59 Å². The maximum atomic E-state index is 12.8. The summed E-state index contributed by atoms with van der Waals surface area (Å²) in [7, 11) is 0. The molecule has 1 aliphatic rings. The summed E-state index contributed by atoms with van der Waals surface area (Å²) in [5.41, 5.74) is 6.64. The van der Waals surface area contributed by atoms with Crippen LogP contribution in [-0.2, 0) is 16.1 Å². The second-order valence-corrected chi connectivity index (χ2v) is 8.31. The minimum atomic E-state index is -0.397. The number of likely N-dealkylation sites (tertiary alicyclic amines) is 1. The van der Waals surface area contributed by atoms with E-state index in [1.807, 2.05) is 6.07 Å². The van der Waals surface area contributed by atoms with Gasteiger partial charge in [0.15, 0.2) is 11.3 Å². The zero-order chi connectivity index (χ0) is 22.8. The van der Waals surface area contributed by atoms with Gasteiger partial charge in [0.2, 0.25) is 11.8 Å². The lowest BCUT2D eigenvalue weighted by atomic mass is 9.97. The molecule has 3 aromatic rings. The molecule has 2 N–H and O–H groups in total. The van der Waals surface area contributed by atoms with Crippen molar-refractivity contribution in [3.05, 3.63) is 45.9 Å².